The fourth-order valence-corrected chi connectivity index (χ4v) is 4.21. The van der Waals surface area contributed by atoms with Gasteiger partial charge in [0.25, 0.3) is 0 Å². The molecule has 0 atom stereocenters. The number of piperidine rings is 1. The van der Waals surface area contributed by atoms with Crippen LogP contribution in [0.5, 0.6) is 0 Å². The molecule has 0 aliphatic carbocycles. The third kappa shape index (κ3) is 4.38. The standard InChI is InChI=1S/C18H26N3O3P/c1-12-10-16-17(11-13(12)2)19-14(3)20-18(16)21-7-4-15(5-8-21)6-9-25(22,23)24/h10-11,15H,4-9H2,1-3H3,(H2,22,23,24). The van der Waals surface area contributed by atoms with Crippen LogP contribution in [0.2, 0.25) is 0 Å². The van der Waals surface area contributed by atoms with Gasteiger partial charge >= 0.3 is 7.60 Å². The minimum atomic E-state index is -3.89. The SMILES string of the molecule is Cc1nc(N2CCC(CCP(=O)(O)O)CC2)c2cc(C)c(C)cc2n1. The molecule has 0 saturated carbocycles. The van der Waals surface area contributed by atoms with Crippen LogP contribution in [0, 0.1) is 26.7 Å². The lowest BCUT2D eigenvalue weighted by Crippen LogP contribution is -2.34. The molecule has 1 aliphatic heterocycles. The number of hydrogen-bond donors (Lipinski definition) is 2. The second kappa shape index (κ2) is 7.02. The maximum Gasteiger partial charge on any atom is 0.325 e. The molecular weight excluding hydrogens is 337 g/mol. The average Bonchev–Trinajstić information content (AvgIpc) is 2.54. The Hall–Kier alpha value is -1.49. The summed E-state index contributed by atoms with van der Waals surface area (Å²) in [5.41, 5.74) is 3.44. The van der Waals surface area contributed by atoms with Gasteiger partial charge in [-0.25, -0.2) is 9.97 Å². The summed E-state index contributed by atoms with van der Waals surface area (Å²) in [5, 5.41) is 1.09. The lowest BCUT2D eigenvalue weighted by Gasteiger charge is -2.33. The Kier molecular flexibility index (Phi) is 5.14. The van der Waals surface area contributed by atoms with Crippen LogP contribution in [-0.4, -0.2) is 39.0 Å². The van der Waals surface area contributed by atoms with E-state index < -0.39 is 7.60 Å². The number of nitrogens with zero attached hydrogens (tertiary/aromatic N) is 3. The van der Waals surface area contributed by atoms with E-state index in [0.717, 1.165) is 48.5 Å². The Balaban J connectivity index is 1.79. The monoisotopic (exact) mass is 363 g/mol. The van der Waals surface area contributed by atoms with Gasteiger partial charge in [-0.3, -0.25) is 4.57 Å². The molecule has 0 unspecified atom stereocenters. The molecule has 7 heteroatoms. The molecule has 2 aromatic rings. The summed E-state index contributed by atoms with van der Waals surface area (Å²) in [6.45, 7) is 7.85. The van der Waals surface area contributed by atoms with E-state index in [1.54, 1.807) is 0 Å². The second-order valence-electron chi connectivity index (χ2n) is 7.16. The molecule has 136 valence electrons. The van der Waals surface area contributed by atoms with Crippen molar-refractivity contribution >= 4 is 24.3 Å². The first-order valence-electron chi connectivity index (χ1n) is 8.78. The summed E-state index contributed by atoms with van der Waals surface area (Å²) in [7, 11) is -3.89. The number of fused-ring (bicyclic) bond motifs is 1. The topological polar surface area (TPSA) is 86.6 Å². The Labute approximate surface area is 148 Å². The van der Waals surface area contributed by atoms with E-state index in [1.165, 1.54) is 11.1 Å². The van der Waals surface area contributed by atoms with E-state index in [9.17, 15) is 4.57 Å². The summed E-state index contributed by atoms with van der Waals surface area (Å²) >= 11 is 0. The zero-order chi connectivity index (χ0) is 18.2. The van der Waals surface area contributed by atoms with Gasteiger partial charge in [0.1, 0.15) is 11.6 Å². The second-order valence-corrected chi connectivity index (χ2v) is 8.93. The predicted molar refractivity (Wildman–Crippen MR) is 100 cm³/mol. The predicted octanol–water partition coefficient (Wildman–Crippen LogP) is 3.34. The quantitative estimate of drug-likeness (QED) is 0.810. The third-order valence-electron chi connectivity index (χ3n) is 5.15. The largest absolute Gasteiger partial charge is 0.356 e. The van der Waals surface area contributed by atoms with Crippen molar-refractivity contribution in [2.45, 2.75) is 40.0 Å². The van der Waals surface area contributed by atoms with Gasteiger partial charge < -0.3 is 14.7 Å². The Morgan fingerprint density at radius 2 is 1.76 bits per heavy atom. The fourth-order valence-electron chi connectivity index (χ4n) is 3.51. The molecule has 0 bridgehead atoms. The average molecular weight is 363 g/mol. The molecule has 0 radical (unpaired) electrons. The molecule has 1 saturated heterocycles. The molecule has 1 aliphatic rings. The van der Waals surface area contributed by atoms with E-state index >= 15 is 0 Å². The van der Waals surface area contributed by atoms with Crippen LogP contribution in [-0.2, 0) is 4.57 Å². The van der Waals surface area contributed by atoms with Crippen LogP contribution in [0.15, 0.2) is 12.1 Å². The molecule has 1 aromatic carbocycles. The van der Waals surface area contributed by atoms with Crippen LogP contribution in [0.4, 0.5) is 5.82 Å². The number of hydrogen-bond acceptors (Lipinski definition) is 4. The number of anilines is 1. The van der Waals surface area contributed by atoms with Gasteiger partial charge in [-0.2, -0.15) is 0 Å². The molecule has 3 rings (SSSR count). The van der Waals surface area contributed by atoms with E-state index in [-0.39, 0.29) is 6.16 Å². The number of aryl methyl sites for hydroxylation is 3. The lowest BCUT2D eigenvalue weighted by molar-refractivity contribution is 0.350. The highest BCUT2D eigenvalue weighted by Gasteiger charge is 2.24. The Morgan fingerprint density at radius 1 is 1.12 bits per heavy atom. The first kappa shape index (κ1) is 18.3. The lowest BCUT2D eigenvalue weighted by atomic mass is 9.94. The first-order valence-corrected chi connectivity index (χ1v) is 10.6. The first-order chi connectivity index (χ1) is 11.7. The summed E-state index contributed by atoms with van der Waals surface area (Å²) < 4.78 is 11.1. The minimum absolute atomic E-state index is 0.00825. The Bertz CT molecular complexity index is 826. The van der Waals surface area contributed by atoms with Crippen molar-refractivity contribution in [2.24, 2.45) is 5.92 Å². The van der Waals surface area contributed by atoms with Crippen molar-refractivity contribution in [1.29, 1.82) is 0 Å². The van der Waals surface area contributed by atoms with Crippen molar-refractivity contribution in [3.05, 3.63) is 29.1 Å². The van der Waals surface area contributed by atoms with Crippen molar-refractivity contribution in [2.75, 3.05) is 24.2 Å². The van der Waals surface area contributed by atoms with Crippen molar-refractivity contribution < 1.29 is 14.4 Å². The van der Waals surface area contributed by atoms with Crippen molar-refractivity contribution in [3.63, 3.8) is 0 Å². The molecule has 25 heavy (non-hydrogen) atoms. The minimum Gasteiger partial charge on any atom is -0.356 e. The third-order valence-corrected chi connectivity index (χ3v) is 5.99. The Morgan fingerprint density at radius 3 is 2.40 bits per heavy atom. The fraction of sp³-hybridized carbons (Fsp3) is 0.556. The van der Waals surface area contributed by atoms with Crippen molar-refractivity contribution in [3.8, 4) is 0 Å². The number of rotatable bonds is 4. The molecular formula is C18H26N3O3P. The maximum atomic E-state index is 11.1. The van der Waals surface area contributed by atoms with Crippen molar-refractivity contribution in [1.82, 2.24) is 9.97 Å². The van der Waals surface area contributed by atoms with E-state index in [2.05, 4.69) is 35.9 Å². The highest BCUT2D eigenvalue weighted by Crippen LogP contribution is 2.38. The van der Waals surface area contributed by atoms with Crippen LogP contribution < -0.4 is 4.90 Å². The van der Waals surface area contributed by atoms with Gasteiger partial charge in [0.15, 0.2) is 0 Å². The van der Waals surface area contributed by atoms with Crippen LogP contribution in [0.25, 0.3) is 10.9 Å². The van der Waals surface area contributed by atoms with Gasteiger partial charge in [-0.15, -0.1) is 0 Å². The van der Waals surface area contributed by atoms with Gasteiger partial charge in [-0.05, 0) is 69.2 Å². The highest BCUT2D eigenvalue weighted by molar-refractivity contribution is 7.51. The number of aromatic nitrogens is 2. The molecule has 6 nitrogen and oxygen atoms in total. The molecule has 0 spiro atoms. The summed E-state index contributed by atoms with van der Waals surface area (Å²) in [6, 6.07) is 4.29. The van der Waals surface area contributed by atoms with Gasteiger partial charge in [0.2, 0.25) is 0 Å². The van der Waals surface area contributed by atoms with Gasteiger partial charge in [0, 0.05) is 18.5 Å². The van der Waals surface area contributed by atoms with E-state index in [0.29, 0.717) is 12.3 Å². The van der Waals surface area contributed by atoms with Crippen LogP contribution in [0.1, 0.15) is 36.2 Å². The van der Waals surface area contributed by atoms with Crippen LogP contribution >= 0.6 is 7.60 Å². The van der Waals surface area contributed by atoms with Crippen LogP contribution in [0.3, 0.4) is 0 Å². The molecule has 1 aromatic heterocycles. The van der Waals surface area contributed by atoms with E-state index in [4.69, 9.17) is 14.8 Å². The van der Waals surface area contributed by atoms with Gasteiger partial charge in [-0.1, -0.05) is 0 Å². The highest BCUT2D eigenvalue weighted by atomic mass is 31.2. The molecule has 2 N–H and O–H groups in total. The summed E-state index contributed by atoms with van der Waals surface area (Å²) in [4.78, 5) is 29.7. The maximum absolute atomic E-state index is 11.1. The summed E-state index contributed by atoms with van der Waals surface area (Å²) in [5.74, 6) is 2.13. The number of benzene rings is 1. The normalized spacial score (nSPS) is 16.6. The summed E-state index contributed by atoms with van der Waals surface area (Å²) in [6.07, 6.45) is 2.47. The zero-order valence-electron chi connectivity index (χ0n) is 15.1. The molecule has 1 fully saturated rings. The van der Waals surface area contributed by atoms with Gasteiger partial charge in [0.05, 0.1) is 11.7 Å². The smallest absolute Gasteiger partial charge is 0.325 e. The molecule has 0 amide bonds. The van der Waals surface area contributed by atoms with E-state index in [1.807, 2.05) is 6.92 Å². The zero-order valence-corrected chi connectivity index (χ0v) is 16.0. The molecule has 2 heterocycles.